The molecule has 176 valence electrons. The number of amides is 1. The quantitative estimate of drug-likeness (QED) is 0.523. The average Bonchev–Trinajstić information content (AvgIpc) is 3.16. The number of ether oxygens (including phenoxy) is 1. The summed E-state index contributed by atoms with van der Waals surface area (Å²) in [6.07, 6.45) is 0.776. The fraction of sp³-hybridized carbons (Fsp3) is 0.345. The first-order chi connectivity index (χ1) is 16.7. The lowest BCUT2D eigenvalue weighted by molar-refractivity contribution is -0.122. The number of benzene rings is 3. The number of hydrogen-bond acceptors (Lipinski definition) is 4. The van der Waals surface area contributed by atoms with E-state index in [0.717, 1.165) is 67.4 Å². The molecule has 1 unspecified atom stereocenters. The van der Waals surface area contributed by atoms with Gasteiger partial charge in [0.1, 0.15) is 11.2 Å². The molecule has 5 rings (SSSR count). The topological polar surface area (TPSA) is 36.0 Å². The van der Waals surface area contributed by atoms with Crippen molar-refractivity contribution >= 4 is 17.3 Å². The predicted molar refractivity (Wildman–Crippen MR) is 138 cm³/mol. The third-order valence-electron chi connectivity index (χ3n) is 7.45. The molecule has 0 spiro atoms. The Bertz CT molecular complexity index is 1140. The number of anilines is 2. The van der Waals surface area contributed by atoms with Gasteiger partial charge in [0.15, 0.2) is 0 Å². The van der Waals surface area contributed by atoms with Gasteiger partial charge in [0, 0.05) is 38.4 Å². The van der Waals surface area contributed by atoms with E-state index >= 15 is 0 Å². The number of fused-ring (bicyclic) bond motifs is 1. The molecule has 34 heavy (non-hydrogen) atoms. The molecule has 3 aromatic rings. The van der Waals surface area contributed by atoms with E-state index in [9.17, 15) is 4.79 Å². The number of carbonyl (C=O) groups is 1. The maximum absolute atomic E-state index is 14.0. The maximum Gasteiger partial charge on any atom is 0.242 e. The van der Waals surface area contributed by atoms with Crippen LogP contribution < -0.4 is 14.5 Å². The zero-order valence-electron chi connectivity index (χ0n) is 20.1. The van der Waals surface area contributed by atoms with E-state index in [0.29, 0.717) is 6.54 Å². The van der Waals surface area contributed by atoms with Gasteiger partial charge in [-0.3, -0.25) is 9.69 Å². The molecule has 0 aromatic heterocycles. The Morgan fingerprint density at radius 1 is 0.824 bits per heavy atom. The van der Waals surface area contributed by atoms with E-state index in [1.165, 1.54) is 0 Å². The summed E-state index contributed by atoms with van der Waals surface area (Å²) in [5, 5.41) is 0. The first-order valence-corrected chi connectivity index (χ1v) is 12.3. The Hall–Kier alpha value is -3.31. The molecular formula is C29H33N3O2. The number of nitrogens with zero attached hydrogens (tertiary/aromatic N) is 3. The van der Waals surface area contributed by atoms with Crippen molar-refractivity contribution in [1.29, 1.82) is 0 Å². The molecule has 0 bridgehead atoms. The van der Waals surface area contributed by atoms with Gasteiger partial charge >= 0.3 is 0 Å². The summed E-state index contributed by atoms with van der Waals surface area (Å²) in [5.74, 6) is 1.13. The number of methoxy groups -OCH3 is 1. The largest absolute Gasteiger partial charge is 0.495 e. The van der Waals surface area contributed by atoms with Crippen molar-refractivity contribution in [3.8, 4) is 5.75 Å². The molecular weight excluding hydrogens is 422 g/mol. The average molecular weight is 456 g/mol. The van der Waals surface area contributed by atoms with E-state index in [4.69, 9.17) is 4.74 Å². The fourth-order valence-corrected chi connectivity index (χ4v) is 5.66. The van der Waals surface area contributed by atoms with E-state index in [-0.39, 0.29) is 5.91 Å². The third kappa shape index (κ3) is 3.74. The Kier molecular flexibility index (Phi) is 6.29. The maximum atomic E-state index is 14.0. The summed E-state index contributed by atoms with van der Waals surface area (Å²) < 4.78 is 5.57. The molecule has 0 aliphatic carbocycles. The van der Waals surface area contributed by atoms with Crippen molar-refractivity contribution in [1.82, 2.24) is 4.90 Å². The number of likely N-dealkylation sites (N-methyl/N-ethyl adjacent to an activating group) is 1. The molecule has 1 atom stereocenters. The molecule has 2 aliphatic heterocycles. The van der Waals surface area contributed by atoms with Gasteiger partial charge in [0.25, 0.3) is 0 Å². The van der Waals surface area contributed by atoms with Crippen LogP contribution in [0.4, 0.5) is 11.4 Å². The highest BCUT2D eigenvalue weighted by molar-refractivity contribution is 6.10. The monoisotopic (exact) mass is 455 g/mol. The molecule has 2 aliphatic rings. The molecule has 0 radical (unpaired) electrons. The number of hydrogen-bond donors (Lipinski definition) is 0. The van der Waals surface area contributed by atoms with Crippen LogP contribution >= 0.6 is 0 Å². The lowest BCUT2D eigenvalue weighted by atomic mass is 9.72. The highest BCUT2D eigenvalue weighted by Gasteiger charge is 2.51. The van der Waals surface area contributed by atoms with Gasteiger partial charge in [-0.2, -0.15) is 0 Å². The number of piperazine rings is 1. The van der Waals surface area contributed by atoms with Crippen molar-refractivity contribution in [2.24, 2.45) is 0 Å². The molecule has 0 saturated carbocycles. The normalized spacial score (nSPS) is 20.5. The second-order valence-corrected chi connectivity index (χ2v) is 9.09. The molecule has 2 heterocycles. The fourth-order valence-electron chi connectivity index (χ4n) is 5.66. The Morgan fingerprint density at radius 2 is 1.47 bits per heavy atom. The van der Waals surface area contributed by atoms with Crippen LogP contribution in [0.25, 0.3) is 0 Å². The minimum atomic E-state index is -0.631. The Labute approximate surface area is 202 Å². The summed E-state index contributed by atoms with van der Waals surface area (Å²) in [7, 11) is 1.73. The molecule has 1 amide bonds. The predicted octanol–water partition coefficient (Wildman–Crippen LogP) is 4.56. The van der Waals surface area contributed by atoms with E-state index in [2.05, 4.69) is 59.2 Å². The van der Waals surface area contributed by atoms with Gasteiger partial charge in [0.05, 0.1) is 12.8 Å². The van der Waals surface area contributed by atoms with Crippen molar-refractivity contribution in [2.75, 3.05) is 56.2 Å². The van der Waals surface area contributed by atoms with Crippen LogP contribution in [-0.2, 0) is 10.2 Å². The van der Waals surface area contributed by atoms with Crippen molar-refractivity contribution in [3.05, 3.63) is 90.0 Å². The van der Waals surface area contributed by atoms with Crippen LogP contribution in [0.3, 0.4) is 0 Å². The summed E-state index contributed by atoms with van der Waals surface area (Å²) in [4.78, 5) is 20.8. The van der Waals surface area contributed by atoms with Crippen molar-refractivity contribution in [3.63, 3.8) is 0 Å². The molecule has 0 N–H and O–H groups in total. The molecule has 5 nitrogen and oxygen atoms in total. The van der Waals surface area contributed by atoms with Crippen LogP contribution in [0.1, 0.15) is 24.5 Å². The SMILES string of the molecule is CCN1C(=O)C(CCN2CCN(c3ccccc3OC)CC2)(c2ccccc2)c2ccccc21. The van der Waals surface area contributed by atoms with Gasteiger partial charge in [-0.15, -0.1) is 0 Å². The highest BCUT2D eigenvalue weighted by Crippen LogP contribution is 2.48. The van der Waals surface area contributed by atoms with Gasteiger partial charge in [-0.05, 0) is 49.2 Å². The van der Waals surface area contributed by atoms with Crippen molar-refractivity contribution in [2.45, 2.75) is 18.8 Å². The number of carbonyl (C=O) groups excluding carboxylic acids is 1. The standard InChI is InChI=1S/C29H33N3O2/c1-3-32-25-14-8-7-13-24(25)29(28(32)33,23-11-5-4-6-12-23)17-18-30-19-21-31(22-20-30)26-15-9-10-16-27(26)34-2/h4-16H,3,17-22H2,1-2H3. The molecule has 5 heteroatoms. The minimum absolute atomic E-state index is 0.204. The molecule has 1 saturated heterocycles. The van der Waals surface area contributed by atoms with E-state index in [1.54, 1.807) is 7.11 Å². The summed E-state index contributed by atoms with van der Waals surface area (Å²) in [6, 6.07) is 26.9. The smallest absolute Gasteiger partial charge is 0.242 e. The summed E-state index contributed by atoms with van der Waals surface area (Å²) in [5.41, 5.74) is 3.81. The van der Waals surface area contributed by atoms with E-state index < -0.39 is 5.41 Å². The van der Waals surface area contributed by atoms with Gasteiger partial charge in [-0.1, -0.05) is 60.7 Å². The van der Waals surface area contributed by atoms with Gasteiger partial charge < -0.3 is 14.5 Å². The van der Waals surface area contributed by atoms with E-state index in [1.807, 2.05) is 41.3 Å². The highest BCUT2D eigenvalue weighted by atomic mass is 16.5. The number of para-hydroxylation sites is 3. The van der Waals surface area contributed by atoms with Gasteiger partial charge in [0.2, 0.25) is 5.91 Å². The van der Waals surface area contributed by atoms with Crippen LogP contribution in [0.5, 0.6) is 5.75 Å². The lowest BCUT2D eigenvalue weighted by Crippen LogP contribution is -2.49. The first-order valence-electron chi connectivity index (χ1n) is 12.3. The molecule has 1 fully saturated rings. The van der Waals surface area contributed by atoms with Crippen molar-refractivity contribution < 1.29 is 9.53 Å². The third-order valence-corrected chi connectivity index (χ3v) is 7.45. The minimum Gasteiger partial charge on any atom is -0.495 e. The zero-order valence-corrected chi connectivity index (χ0v) is 20.1. The number of rotatable bonds is 7. The van der Waals surface area contributed by atoms with Crippen LogP contribution in [-0.4, -0.2) is 57.2 Å². The first kappa shape index (κ1) is 22.5. The van der Waals surface area contributed by atoms with Crippen LogP contribution in [0, 0.1) is 0 Å². The summed E-state index contributed by atoms with van der Waals surface area (Å²) in [6.45, 7) is 7.46. The molecule has 3 aromatic carbocycles. The Balaban J connectivity index is 1.37. The van der Waals surface area contributed by atoms with Crippen LogP contribution in [0.15, 0.2) is 78.9 Å². The Morgan fingerprint density at radius 3 is 2.18 bits per heavy atom. The zero-order chi connectivity index (χ0) is 23.5. The van der Waals surface area contributed by atoms with Crippen LogP contribution in [0.2, 0.25) is 0 Å². The van der Waals surface area contributed by atoms with Gasteiger partial charge in [-0.25, -0.2) is 0 Å². The summed E-state index contributed by atoms with van der Waals surface area (Å²) >= 11 is 0. The second-order valence-electron chi connectivity index (χ2n) is 9.09. The second kappa shape index (κ2) is 9.51. The lowest BCUT2D eigenvalue weighted by Gasteiger charge is -2.38.